The van der Waals surface area contributed by atoms with Crippen LogP contribution in [0.4, 0.5) is 5.69 Å². The highest BCUT2D eigenvalue weighted by atomic mass is 16.6. The summed E-state index contributed by atoms with van der Waals surface area (Å²) in [6.07, 6.45) is 0.745. The van der Waals surface area contributed by atoms with Crippen LogP contribution in [0.2, 0.25) is 0 Å². The van der Waals surface area contributed by atoms with Gasteiger partial charge < -0.3 is 4.74 Å². The fourth-order valence-corrected chi connectivity index (χ4v) is 1.38. The van der Waals surface area contributed by atoms with Crippen molar-refractivity contribution >= 4 is 5.69 Å². The third-order valence-electron chi connectivity index (χ3n) is 2.45. The number of nitro benzene ring substituents is 1. The van der Waals surface area contributed by atoms with Crippen molar-refractivity contribution in [2.45, 2.75) is 32.8 Å². The smallest absolute Gasteiger partial charge is 0.273 e. The molecular formula is C12H14N2O3. The lowest BCUT2D eigenvalue weighted by atomic mass is 10.2. The van der Waals surface area contributed by atoms with E-state index in [0.29, 0.717) is 12.2 Å². The summed E-state index contributed by atoms with van der Waals surface area (Å²) in [6.45, 7) is 3.73. The molecule has 0 spiro atoms. The van der Waals surface area contributed by atoms with Crippen LogP contribution in [0.15, 0.2) is 18.2 Å². The van der Waals surface area contributed by atoms with Gasteiger partial charge in [0.25, 0.3) is 5.69 Å². The van der Waals surface area contributed by atoms with Crippen LogP contribution in [-0.4, -0.2) is 11.0 Å². The monoisotopic (exact) mass is 234 g/mol. The van der Waals surface area contributed by atoms with Crippen molar-refractivity contribution in [2.75, 3.05) is 0 Å². The molecule has 90 valence electrons. The number of nitro groups is 1. The number of ether oxygens (including phenoxy) is 1. The minimum atomic E-state index is -0.461. The minimum Gasteiger partial charge on any atom is -0.489 e. The Bertz CT molecular complexity index is 452. The zero-order valence-electron chi connectivity index (χ0n) is 9.84. The second-order valence-electron chi connectivity index (χ2n) is 3.72. The van der Waals surface area contributed by atoms with Crippen LogP contribution in [0.3, 0.4) is 0 Å². The molecule has 0 aromatic heterocycles. The lowest BCUT2D eigenvalue weighted by Crippen LogP contribution is -2.15. The molecule has 0 bridgehead atoms. The second-order valence-corrected chi connectivity index (χ2v) is 3.72. The van der Waals surface area contributed by atoms with E-state index in [9.17, 15) is 10.1 Å². The average Bonchev–Trinajstić information content (AvgIpc) is 2.30. The molecule has 5 nitrogen and oxygen atoms in total. The Hall–Kier alpha value is -2.09. The number of nitrogens with zero attached hydrogens (tertiary/aromatic N) is 2. The van der Waals surface area contributed by atoms with E-state index in [1.807, 2.05) is 19.9 Å². The number of nitriles is 1. The Balaban J connectivity index is 2.93. The lowest BCUT2D eigenvalue weighted by Gasteiger charge is -2.16. The van der Waals surface area contributed by atoms with Gasteiger partial charge in [-0.2, -0.15) is 5.26 Å². The molecular weight excluding hydrogens is 220 g/mol. The Labute approximate surface area is 99.8 Å². The average molecular weight is 234 g/mol. The zero-order valence-corrected chi connectivity index (χ0v) is 9.84. The Morgan fingerprint density at radius 2 is 2.29 bits per heavy atom. The summed E-state index contributed by atoms with van der Waals surface area (Å²) in [5.41, 5.74) is 0.824. The molecule has 0 saturated heterocycles. The highest BCUT2D eigenvalue weighted by molar-refractivity contribution is 5.43. The van der Waals surface area contributed by atoms with Gasteiger partial charge in [-0.3, -0.25) is 10.1 Å². The number of hydrogen-bond acceptors (Lipinski definition) is 4. The van der Waals surface area contributed by atoms with Gasteiger partial charge in [-0.05, 0) is 25.0 Å². The first-order chi connectivity index (χ1) is 8.08. The van der Waals surface area contributed by atoms with Gasteiger partial charge in [0.2, 0.25) is 0 Å². The molecule has 0 heterocycles. The zero-order chi connectivity index (χ0) is 12.8. The van der Waals surface area contributed by atoms with Crippen LogP contribution >= 0.6 is 0 Å². The molecule has 1 unspecified atom stereocenters. The molecule has 0 aliphatic carbocycles. The van der Waals surface area contributed by atoms with Crippen molar-refractivity contribution in [3.8, 4) is 11.8 Å². The third kappa shape index (κ3) is 3.45. The summed E-state index contributed by atoms with van der Waals surface area (Å²) in [4.78, 5) is 10.2. The molecule has 0 N–H and O–H groups in total. The van der Waals surface area contributed by atoms with Crippen LogP contribution in [0.5, 0.6) is 5.75 Å². The van der Waals surface area contributed by atoms with E-state index in [-0.39, 0.29) is 18.2 Å². The lowest BCUT2D eigenvalue weighted by molar-refractivity contribution is -0.385. The molecule has 1 aromatic carbocycles. The number of rotatable bonds is 5. The molecule has 0 saturated carbocycles. The van der Waals surface area contributed by atoms with E-state index in [1.165, 1.54) is 12.1 Å². The number of hydrogen-bond donors (Lipinski definition) is 0. The van der Waals surface area contributed by atoms with E-state index in [4.69, 9.17) is 10.00 Å². The van der Waals surface area contributed by atoms with Crippen LogP contribution in [0.25, 0.3) is 0 Å². The summed E-state index contributed by atoms with van der Waals surface area (Å²) >= 11 is 0. The molecule has 1 rings (SSSR count). The number of benzene rings is 1. The molecule has 1 atom stereocenters. The molecule has 0 amide bonds. The Kier molecular flexibility index (Phi) is 4.46. The van der Waals surface area contributed by atoms with Crippen molar-refractivity contribution in [1.82, 2.24) is 0 Å². The quantitative estimate of drug-likeness (QED) is 0.579. The maximum absolute atomic E-state index is 10.6. The van der Waals surface area contributed by atoms with E-state index in [0.717, 1.165) is 5.56 Å². The van der Waals surface area contributed by atoms with Crippen molar-refractivity contribution in [3.05, 3.63) is 33.9 Å². The van der Waals surface area contributed by atoms with Gasteiger partial charge in [0.15, 0.2) is 0 Å². The van der Waals surface area contributed by atoms with E-state index in [1.54, 1.807) is 6.07 Å². The predicted molar refractivity (Wildman–Crippen MR) is 62.8 cm³/mol. The summed E-state index contributed by atoms with van der Waals surface area (Å²) in [5.74, 6) is 0.473. The first kappa shape index (κ1) is 13.0. The highest BCUT2D eigenvalue weighted by Crippen LogP contribution is 2.25. The standard InChI is InChI=1S/C12H14N2O3/c1-3-11(6-7-13)17-12-8-10(14(15)16)5-4-9(12)2/h4-5,8,11H,3,6H2,1-2H3. The summed E-state index contributed by atoms with van der Waals surface area (Å²) in [7, 11) is 0. The van der Waals surface area contributed by atoms with Crippen LogP contribution in [0, 0.1) is 28.4 Å². The minimum absolute atomic E-state index is 0.00240. The maximum Gasteiger partial charge on any atom is 0.273 e. The molecule has 0 fully saturated rings. The normalized spacial score (nSPS) is 11.6. The van der Waals surface area contributed by atoms with Gasteiger partial charge in [0.05, 0.1) is 23.5 Å². The molecule has 17 heavy (non-hydrogen) atoms. The van der Waals surface area contributed by atoms with Crippen molar-refractivity contribution < 1.29 is 9.66 Å². The van der Waals surface area contributed by atoms with Gasteiger partial charge in [0, 0.05) is 6.07 Å². The van der Waals surface area contributed by atoms with Crippen molar-refractivity contribution in [2.24, 2.45) is 0 Å². The SMILES string of the molecule is CCC(CC#N)Oc1cc([N+](=O)[O-])ccc1C. The summed E-state index contributed by atoms with van der Waals surface area (Å²) in [5, 5.41) is 19.3. The van der Waals surface area contributed by atoms with E-state index in [2.05, 4.69) is 0 Å². The summed E-state index contributed by atoms with van der Waals surface area (Å²) in [6, 6.07) is 6.52. The largest absolute Gasteiger partial charge is 0.489 e. The Morgan fingerprint density at radius 3 is 2.82 bits per heavy atom. The van der Waals surface area contributed by atoms with Gasteiger partial charge >= 0.3 is 0 Å². The summed E-state index contributed by atoms with van der Waals surface area (Å²) < 4.78 is 5.60. The fourth-order valence-electron chi connectivity index (χ4n) is 1.38. The molecule has 0 radical (unpaired) electrons. The van der Waals surface area contributed by atoms with Crippen molar-refractivity contribution in [3.63, 3.8) is 0 Å². The number of non-ortho nitro benzene ring substituents is 1. The maximum atomic E-state index is 10.6. The number of aryl methyl sites for hydroxylation is 1. The van der Waals surface area contributed by atoms with Crippen LogP contribution in [0.1, 0.15) is 25.3 Å². The first-order valence-corrected chi connectivity index (χ1v) is 5.37. The van der Waals surface area contributed by atoms with Crippen LogP contribution < -0.4 is 4.74 Å². The topological polar surface area (TPSA) is 76.2 Å². The third-order valence-corrected chi connectivity index (χ3v) is 2.45. The Morgan fingerprint density at radius 1 is 1.59 bits per heavy atom. The van der Waals surface area contributed by atoms with E-state index >= 15 is 0 Å². The van der Waals surface area contributed by atoms with Crippen LogP contribution in [-0.2, 0) is 0 Å². The van der Waals surface area contributed by atoms with Gasteiger partial charge in [-0.1, -0.05) is 6.92 Å². The van der Waals surface area contributed by atoms with Gasteiger partial charge in [-0.15, -0.1) is 0 Å². The fraction of sp³-hybridized carbons (Fsp3) is 0.417. The molecule has 5 heteroatoms. The van der Waals surface area contributed by atoms with E-state index < -0.39 is 4.92 Å². The molecule has 0 aliphatic heterocycles. The predicted octanol–water partition coefficient (Wildman–Crippen LogP) is 2.97. The van der Waals surface area contributed by atoms with Gasteiger partial charge in [0.1, 0.15) is 11.9 Å². The van der Waals surface area contributed by atoms with Crippen molar-refractivity contribution in [1.29, 1.82) is 5.26 Å². The molecule has 0 aliphatic rings. The highest BCUT2D eigenvalue weighted by Gasteiger charge is 2.13. The molecule has 1 aromatic rings. The van der Waals surface area contributed by atoms with Gasteiger partial charge in [-0.25, -0.2) is 0 Å². The second kappa shape index (κ2) is 5.85. The first-order valence-electron chi connectivity index (χ1n) is 5.37.